The lowest BCUT2D eigenvalue weighted by atomic mass is 9.74. The van der Waals surface area contributed by atoms with Crippen molar-refractivity contribution in [3.8, 4) is 10.4 Å². The summed E-state index contributed by atoms with van der Waals surface area (Å²) in [4.78, 5) is 60.9. The summed E-state index contributed by atoms with van der Waals surface area (Å²) >= 11 is 1.32. The minimum absolute atomic E-state index is 0.0804. The van der Waals surface area contributed by atoms with Crippen LogP contribution in [0.25, 0.3) is 10.4 Å². The number of para-hydroxylation sites is 1. The molecule has 6 aromatic rings. The maximum absolute atomic E-state index is 15.2. The van der Waals surface area contributed by atoms with Crippen molar-refractivity contribution in [2.75, 3.05) is 18.0 Å². The van der Waals surface area contributed by atoms with Crippen molar-refractivity contribution in [2.45, 2.75) is 94.7 Å². The van der Waals surface area contributed by atoms with E-state index in [1.807, 2.05) is 80.2 Å². The van der Waals surface area contributed by atoms with Crippen LogP contribution in [-0.4, -0.2) is 70.8 Å². The summed E-state index contributed by atoms with van der Waals surface area (Å²) in [5, 5.41) is 13.3. The Labute approximate surface area is 391 Å². The highest BCUT2D eigenvalue weighted by Gasteiger charge is 2.55. The summed E-state index contributed by atoms with van der Waals surface area (Å²) in [5.41, 5.74) is 1.90. The Balaban J connectivity index is 1.37. The molecule has 0 bridgehead atoms. The molecule has 3 atom stereocenters. The maximum Gasteiger partial charge on any atom is 0.340 e. The van der Waals surface area contributed by atoms with Gasteiger partial charge in [0.1, 0.15) is 16.7 Å². The van der Waals surface area contributed by atoms with Gasteiger partial charge in [0.2, 0.25) is 21.8 Å². The van der Waals surface area contributed by atoms with E-state index >= 15 is 8.42 Å². The molecule has 0 radical (unpaired) electrons. The number of nitrogens with one attached hydrogen (secondary N) is 1. The second-order valence-corrected chi connectivity index (χ2v) is 19.3. The van der Waals surface area contributed by atoms with E-state index in [9.17, 15) is 24.3 Å². The molecule has 3 heterocycles. The van der Waals surface area contributed by atoms with E-state index in [-0.39, 0.29) is 61.2 Å². The highest BCUT2D eigenvalue weighted by Crippen LogP contribution is 2.47. The third-order valence-electron chi connectivity index (χ3n) is 13.0. The van der Waals surface area contributed by atoms with Crippen molar-refractivity contribution in [1.82, 2.24) is 19.2 Å². The van der Waals surface area contributed by atoms with Gasteiger partial charge < -0.3 is 14.5 Å². The number of aliphatic carboxylic acids is 1. The first-order valence-electron chi connectivity index (χ1n) is 22.6. The van der Waals surface area contributed by atoms with Gasteiger partial charge in [0.15, 0.2) is 5.66 Å². The first-order chi connectivity index (χ1) is 31.9. The number of sulfonamides is 1. The summed E-state index contributed by atoms with van der Waals surface area (Å²) in [6, 6.07) is 38.8. The number of carboxylic acid groups (broad SMARTS) is 1. The Kier molecular flexibility index (Phi) is 15.0. The number of unbranched alkanes of at least 4 members (excludes halogenated alkanes) is 2. The lowest BCUT2D eigenvalue weighted by molar-refractivity contribution is -0.158. The molecule has 0 spiro atoms. The van der Waals surface area contributed by atoms with E-state index in [0.717, 1.165) is 39.3 Å². The third-order valence-corrected chi connectivity index (χ3v) is 15.4. The van der Waals surface area contributed by atoms with E-state index in [2.05, 4.69) is 45.7 Å². The van der Waals surface area contributed by atoms with Crippen LogP contribution >= 0.6 is 11.3 Å². The van der Waals surface area contributed by atoms with Gasteiger partial charge in [-0.05, 0) is 66.3 Å². The first-order valence-corrected chi connectivity index (χ1v) is 24.9. The fourth-order valence-corrected chi connectivity index (χ4v) is 12.1. The molecule has 2 N–H and O–H groups in total. The Bertz CT molecular complexity index is 2630. The standard InChI is InChI=1S/C52H57N5O7S2/c1-5-38-34-51(50(61)62,54-66(63,64)45-30-20-28-42(44-29-21-33-65-44)49(45)57(46(59)6-2)47(60)7-3)55(31-18-11-19-32-58)35-43(38)48-37(4)56(36-53-48)52(39-22-12-8-13-23-39,40-24-14-9-15-25-40)41-26-16-10-17-27-41/h8-10,12-17,20-30,32-33,36,38,43,54H,5-7,11,18-19,31,34-35H2,1-4H3,(H,61,62). The Morgan fingerprint density at radius 2 is 1.44 bits per heavy atom. The summed E-state index contributed by atoms with van der Waals surface area (Å²) in [7, 11) is -4.82. The van der Waals surface area contributed by atoms with Gasteiger partial charge in [0, 0.05) is 54.4 Å². The number of rotatable bonds is 19. The van der Waals surface area contributed by atoms with Crippen LogP contribution in [0.5, 0.6) is 0 Å². The molecule has 14 heteroatoms. The number of carbonyl (C=O) groups excluding carboxylic acids is 3. The number of hydrogen-bond donors (Lipinski definition) is 2. The number of hydrogen-bond acceptors (Lipinski definition) is 9. The molecule has 7 rings (SSSR count). The number of imidazole rings is 1. The summed E-state index contributed by atoms with van der Waals surface area (Å²) in [5.74, 6) is -3.29. The molecule has 1 fully saturated rings. The number of imide groups is 1. The number of carbonyl (C=O) groups is 4. The smallest absolute Gasteiger partial charge is 0.340 e. The molecule has 1 aliphatic heterocycles. The van der Waals surface area contributed by atoms with E-state index in [0.29, 0.717) is 29.7 Å². The maximum atomic E-state index is 15.2. The minimum Gasteiger partial charge on any atom is -0.479 e. The molecule has 4 aromatic carbocycles. The second-order valence-electron chi connectivity index (χ2n) is 16.7. The van der Waals surface area contributed by atoms with Gasteiger partial charge in [-0.2, -0.15) is 4.72 Å². The Morgan fingerprint density at radius 1 is 0.848 bits per heavy atom. The van der Waals surface area contributed by atoms with Crippen LogP contribution in [-0.2, 0) is 34.7 Å². The molecule has 0 aliphatic carbocycles. The molecule has 344 valence electrons. The second kappa shape index (κ2) is 20.6. The van der Waals surface area contributed by atoms with E-state index in [1.54, 1.807) is 36.9 Å². The third kappa shape index (κ3) is 8.94. The molecule has 1 aliphatic rings. The predicted molar refractivity (Wildman–Crippen MR) is 258 cm³/mol. The van der Waals surface area contributed by atoms with Crippen molar-refractivity contribution < 1.29 is 32.7 Å². The number of likely N-dealkylation sites (tertiary alicyclic amines) is 1. The molecule has 3 unspecified atom stereocenters. The number of amides is 2. The van der Waals surface area contributed by atoms with Crippen molar-refractivity contribution in [3.63, 3.8) is 0 Å². The number of aldehydes is 1. The molecule has 0 saturated carbocycles. The van der Waals surface area contributed by atoms with Crippen molar-refractivity contribution in [1.29, 1.82) is 0 Å². The fourth-order valence-electron chi connectivity index (χ4n) is 9.78. The summed E-state index contributed by atoms with van der Waals surface area (Å²) in [6.45, 7) is 7.48. The molecule has 2 amide bonds. The largest absolute Gasteiger partial charge is 0.479 e. The van der Waals surface area contributed by atoms with Crippen LogP contribution in [0.15, 0.2) is 138 Å². The van der Waals surface area contributed by atoms with Crippen LogP contribution in [0.3, 0.4) is 0 Å². The van der Waals surface area contributed by atoms with Gasteiger partial charge in [0.25, 0.3) is 0 Å². The van der Waals surface area contributed by atoms with Crippen molar-refractivity contribution in [3.05, 3.63) is 161 Å². The van der Waals surface area contributed by atoms with Gasteiger partial charge in [-0.15, -0.1) is 11.3 Å². The van der Waals surface area contributed by atoms with E-state index in [1.165, 1.54) is 23.5 Å². The molecular formula is C52H57N5O7S2. The zero-order chi connectivity index (χ0) is 47.1. The van der Waals surface area contributed by atoms with Crippen LogP contribution in [0.4, 0.5) is 5.69 Å². The van der Waals surface area contributed by atoms with E-state index in [4.69, 9.17) is 4.98 Å². The topological polar surface area (TPSA) is 159 Å². The molecule has 12 nitrogen and oxygen atoms in total. The number of nitrogens with zero attached hydrogens (tertiary/aromatic N) is 4. The summed E-state index contributed by atoms with van der Waals surface area (Å²) in [6.07, 6.45) is 4.02. The van der Waals surface area contributed by atoms with Gasteiger partial charge in [-0.3, -0.25) is 14.5 Å². The Hall–Kier alpha value is -6.06. The lowest BCUT2D eigenvalue weighted by Crippen LogP contribution is -2.69. The van der Waals surface area contributed by atoms with Gasteiger partial charge in [-0.25, -0.2) is 23.1 Å². The van der Waals surface area contributed by atoms with Gasteiger partial charge in [0.05, 0.1) is 17.7 Å². The average Bonchev–Trinajstić information content (AvgIpc) is 4.02. The zero-order valence-electron chi connectivity index (χ0n) is 37.8. The zero-order valence-corrected chi connectivity index (χ0v) is 39.4. The molecule has 1 saturated heterocycles. The number of anilines is 1. The predicted octanol–water partition coefficient (Wildman–Crippen LogP) is 9.38. The SMILES string of the molecule is CCC(=O)N(C(=O)CC)c1c(-c2cccs2)cccc1S(=O)(=O)NC1(C(=O)O)CC(CC)C(c2ncn(C(c3ccccc3)(c3ccccc3)c3ccccc3)c2C)CN1CCCCC=O. The lowest BCUT2D eigenvalue weighted by Gasteiger charge is -2.50. The monoisotopic (exact) mass is 927 g/mol. The number of piperidine rings is 1. The van der Waals surface area contributed by atoms with Crippen LogP contribution in [0.2, 0.25) is 0 Å². The highest BCUT2D eigenvalue weighted by atomic mass is 32.2. The van der Waals surface area contributed by atoms with Crippen LogP contribution in [0, 0.1) is 12.8 Å². The van der Waals surface area contributed by atoms with E-state index < -0.39 is 39.0 Å². The number of aromatic nitrogens is 2. The number of benzene rings is 4. The molecular weight excluding hydrogens is 871 g/mol. The highest BCUT2D eigenvalue weighted by molar-refractivity contribution is 7.89. The average molecular weight is 928 g/mol. The quantitative estimate of drug-likeness (QED) is 0.0459. The normalized spacial score (nSPS) is 17.9. The van der Waals surface area contributed by atoms with Crippen molar-refractivity contribution >= 4 is 51.1 Å². The van der Waals surface area contributed by atoms with Crippen molar-refractivity contribution in [2.24, 2.45) is 5.92 Å². The van der Waals surface area contributed by atoms with Gasteiger partial charge >= 0.3 is 5.97 Å². The first kappa shape index (κ1) is 47.9. The Morgan fingerprint density at radius 3 is 1.94 bits per heavy atom. The number of carboxylic acids is 1. The number of thiophene rings is 1. The molecule has 66 heavy (non-hydrogen) atoms. The minimum atomic E-state index is -4.82. The summed E-state index contributed by atoms with van der Waals surface area (Å²) < 4.78 is 35.3. The molecule has 2 aromatic heterocycles. The van der Waals surface area contributed by atoms with Crippen LogP contribution < -0.4 is 9.62 Å². The van der Waals surface area contributed by atoms with Gasteiger partial charge in [-0.1, -0.05) is 136 Å². The van der Waals surface area contributed by atoms with Crippen LogP contribution in [0.1, 0.15) is 99.7 Å². The fraction of sp³-hybridized carbons (Fsp3) is 0.327.